The molecule has 52 valence electrons. The van der Waals surface area contributed by atoms with Crippen molar-refractivity contribution in [1.29, 1.82) is 0 Å². The van der Waals surface area contributed by atoms with Crippen LogP contribution in [0.5, 0.6) is 0 Å². The van der Waals surface area contributed by atoms with Gasteiger partial charge in [-0.1, -0.05) is 26.0 Å². The van der Waals surface area contributed by atoms with Crippen molar-refractivity contribution >= 4 is 11.8 Å². The van der Waals surface area contributed by atoms with E-state index in [1.54, 1.807) is 0 Å². The van der Waals surface area contributed by atoms with Crippen LogP contribution in [-0.2, 0) is 0 Å². The molecule has 2 unspecified atom stereocenters. The Kier molecular flexibility index (Phi) is 2.65. The molecule has 1 heteroatoms. The average Bonchev–Trinajstić information content (AvgIpc) is 1.88. The first-order valence-corrected chi connectivity index (χ1v) is 4.59. The lowest BCUT2D eigenvalue weighted by Gasteiger charge is -2.19. The molecule has 1 heterocycles. The highest BCUT2D eigenvalue weighted by Gasteiger charge is 2.11. The van der Waals surface area contributed by atoms with E-state index >= 15 is 0 Å². The van der Waals surface area contributed by atoms with Gasteiger partial charge in [0.25, 0.3) is 0 Å². The van der Waals surface area contributed by atoms with Crippen LogP contribution in [-0.4, -0.2) is 10.5 Å². The molecule has 0 amide bonds. The molecular weight excluding hydrogens is 128 g/mol. The van der Waals surface area contributed by atoms with Gasteiger partial charge in [0.1, 0.15) is 0 Å². The van der Waals surface area contributed by atoms with Crippen LogP contribution >= 0.6 is 11.8 Å². The summed E-state index contributed by atoms with van der Waals surface area (Å²) in [6.07, 6.45) is 7.20. The molecule has 0 aromatic rings. The summed E-state index contributed by atoms with van der Waals surface area (Å²) in [7, 11) is 0. The summed E-state index contributed by atoms with van der Waals surface area (Å²) in [5, 5.41) is 1.65. The van der Waals surface area contributed by atoms with Gasteiger partial charge in [0.15, 0.2) is 0 Å². The van der Waals surface area contributed by atoms with Crippen molar-refractivity contribution in [3.8, 4) is 0 Å². The fourth-order valence-corrected chi connectivity index (χ4v) is 2.27. The van der Waals surface area contributed by atoms with Crippen molar-refractivity contribution in [1.82, 2.24) is 0 Å². The largest absolute Gasteiger partial charge is 0.151 e. The molecular formula is C8H14S. The molecule has 0 saturated carbocycles. The lowest BCUT2D eigenvalue weighted by molar-refractivity contribution is 0.895. The van der Waals surface area contributed by atoms with Crippen molar-refractivity contribution in [2.75, 3.05) is 0 Å². The quantitative estimate of drug-likeness (QED) is 0.507. The Morgan fingerprint density at radius 1 is 1.67 bits per heavy atom. The van der Waals surface area contributed by atoms with Gasteiger partial charge < -0.3 is 0 Å². The summed E-state index contributed by atoms with van der Waals surface area (Å²) in [6.45, 7) is 4.55. The van der Waals surface area contributed by atoms with Crippen LogP contribution in [0.1, 0.15) is 26.7 Å². The molecule has 1 rings (SSSR count). The first-order chi connectivity index (χ1) is 4.33. The van der Waals surface area contributed by atoms with Gasteiger partial charge in [-0.15, -0.1) is 0 Å². The molecule has 1 aliphatic rings. The Bertz CT molecular complexity index is 107. The third kappa shape index (κ3) is 2.05. The number of allylic oxidation sites excluding steroid dienone is 1. The number of hydrogen-bond donors (Lipinski definition) is 0. The van der Waals surface area contributed by atoms with Crippen LogP contribution in [0.3, 0.4) is 0 Å². The molecule has 0 spiro atoms. The molecule has 9 heavy (non-hydrogen) atoms. The van der Waals surface area contributed by atoms with Crippen LogP contribution in [0.2, 0.25) is 0 Å². The first kappa shape index (κ1) is 7.20. The molecule has 0 nitrogen and oxygen atoms in total. The zero-order chi connectivity index (χ0) is 6.69. The summed E-state index contributed by atoms with van der Waals surface area (Å²) in [6, 6.07) is 0. The Balaban J connectivity index is 2.39. The van der Waals surface area contributed by atoms with E-state index in [4.69, 9.17) is 0 Å². The fourth-order valence-electron chi connectivity index (χ4n) is 1.05. The lowest BCUT2D eigenvalue weighted by atomic mass is 10.2. The number of hydrogen-bond acceptors (Lipinski definition) is 1. The second-order valence-corrected chi connectivity index (χ2v) is 4.24. The van der Waals surface area contributed by atoms with Crippen molar-refractivity contribution < 1.29 is 0 Å². The predicted molar refractivity (Wildman–Crippen MR) is 44.9 cm³/mol. The highest BCUT2D eigenvalue weighted by molar-refractivity contribution is 8.00. The van der Waals surface area contributed by atoms with Gasteiger partial charge in [0, 0.05) is 10.5 Å². The van der Waals surface area contributed by atoms with Crippen LogP contribution < -0.4 is 0 Å². The molecule has 2 atom stereocenters. The highest BCUT2D eigenvalue weighted by atomic mass is 32.2. The molecule has 0 fully saturated rings. The van der Waals surface area contributed by atoms with Gasteiger partial charge in [-0.25, -0.2) is 0 Å². The maximum absolute atomic E-state index is 2.34. The van der Waals surface area contributed by atoms with E-state index in [1.807, 2.05) is 0 Å². The van der Waals surface area contributed by atoms with Gasteiger partial charge in [-0.3, -0.25) is 0 Å². The first-order valence-electron chi connectivity index (χ1n) is 3.65. The van der Waals surface area contributed by atoms with E-state index in [-0.39, 0.29) is 0 Å². The minimum Gasteiger partial charge on any atom is -0.151 e. The van der Waals surface area contributed by atoms with Crippen molar-refractivity contribution in [3.05, 3.63) is 12.2 Å². The second-order valence-electron chi connectivity index (χ2n) is 2.56. The van der Waals surface area contributed by atoms with E-state index in [9.17, 15) is 0 Å². The molecule has 0 radical (unpaired) electrons. The van der Waals surface area contributed by atoms with Crippen LogP contribution in [0, 0.1) is 0 Å². The Labute approximate surface area is 61.7 Å². The third-order valence-electron chi connectivity index (χ3n) is 1.63. The summed E-state index contributed by atoms with van der Waals surface area (Å²) in [4.78, 5) is 0. The third-order valence-corrected chi connectivity index (χ3v) is 3.13. The van der Waals surface area contributed by atoms with Gasteiger partial charge in [-0.05, 0) is 12.8 Å². The predicted octanol–water partition coefficient (Wildman–Crippen LogP) is 2.85. The van der Waals surface area contributed by atoms with Gasteiger partial charge >= 0.3 is 0 Å². The van der Waals surface area contributed by atoms with Crippen molar-refractivity contribution in [2.45, 2.75) is 37.2 Å². The maximum Gasteiger partial charge on any atom is 0.0227 e. The van der Waals surface area contributed by atoms with Gasteiger partial charge in [-0.2, -0.15) is 11.8 Å². The van der Waals surface area contributed by atoms with Crippen LogP contribution in [0.15, 0.2) is 12.2 Å². The summed E-state index contributed by atoms with van der Waals surface area (Å²) in [5.41, 5.74) is 0. The zero-order valence-corrected chi connectivity index (χ0v) is 6.95. The monoisotopic (exact) mass is 142 g/mol. The van der Waals surface area contributed by atoms with Crippen molar-refractivity contribution in [2.24, 2.45) is 0 Å². The number of thioether (sulfide) groups is 1. The highest BCUT2D eigenvalue weighted by Crippen LogP contribution is 2.27. The topological polar surface area (TPSA) is 0 Å². The standard InChI is InChI=1S/C8H14S/c1-3-8-6-4-5-7(2)9-8/h4,6-8H,3,5H2,1-2H3. The summed E-state index contributed by atoms with van der Waals surface area (Å²) in [5.74, 6) is 0. The van der Waals surface area contributed by atoms with E-state index in [2.05, 4.69) is 37.8 Å². The minimum atomic E-state index is 0.800. The molecule has 0 bridgehead atoms. The lowest BCUT2D eigenvalue weighted by Crippen LogP contribution is -2.08. The van der Waals surface area contributed by atoms with Crippen LogP contribution in [0.4, 0.5) is 0 Å². The summed E-state index contributed by atoms with van der Waals surface area (Å²) >= 11 is 2.10. The second kappa shape index (κ2) is 3.31. The van der Waals surface area contributed by atoms with Crippen molar-refractivity contribution in [3.63, 3.8) is 0 Å². The van der Waals surface area contributed by atoms with E-state index in [1.165, 1.54) is 12.8 Å². The fraction of sp³-hybridized carbons (Fsp3) is 0.750. The average molecular weight is 142 g/mol. The Hall–Kier alpha value is 0.0900. The van der Waals surface area contributed by atoms with Crippen LogP contribution in [0.25, 0.3) is 0 Å². The SMILES string of the molecule is CCC1C=CCC(C)S1. The molecule has 0 aromatic heterocycles. The summed E-state index contributed by atoms with van der Waals surface area (Å²) < 4.78 is 0. The van der Waals surface area contributed by atoms with Gasteiger partial charge in [0.2, 0.25) is 0 Å². The van der Waals surface area contributed by atoms with Gasteiger partial charge in [0.05, 0.1) is 0 Å². The van der Waals surface area contributed by atoms with E-state index in [0.29, 0.717) is 0 Å². The maximum atomic E-state index is 2.34. The molecule has 0 aromatic carbocycles. The molecule has 0 saturated heterocycles. The number of rotatable bonds is 1. The molecule has 1 aliphatic heterocycles. The van der Waals surface area contributed by atoms with E-state index < -0.39 is 0 Å². The zero-order valence-electron chi connectivity index (χ0n) is 6.13. The Morgan fingerprint density at radius 2 is 2.44 bits per heavy atom. The molecule has 0 N–H and O–H groups in total. The Morgan fingerprint density at radius 3 is 2.89 bits per heavy atom. The molecule has 0 aliphatic carbocycles. The smallest absolute Gasteiger partial charge is 0.0227 e. The normalized spacial score (nSPS) is 34.9. The minimum absolute atomic E-state index is 0.800. The van der Waals surface area contributed by atoms with E-state index in [0.717, 1.165) is 10.5 Å².